The molecule has 0 aromatic carbocycles. The Bertz CT molecular complexity index is 812. The van der Waals surface area contributed by atoms with Crippen LogP contribution in [-0.4, -0.2) is 81.5 Å². The van der Waals surface area contributed by atoms with Gasteiger partial charge >= 0.3 is 6.03 Å². The Labute approximate surface area is 159 Å². The minimum absolute atomic E-state index is 0.0559. The number of carbonyl (C=O) groups excluding carboxylic acids is 1. The Morgan fingerprint density at radius 3 is 2.74 bits per heavy atom. The average Bonchev–Trinajstić information content (AvgIpc) is 2.95. The number of ether oxygens (including phenoxy) is 1. The Kier molecular flexibility index (Phi) is 4.39. The highest BCUT2D eigenvalue weighted by Crippen LogP contribution is 2.26. The van der Waals surface area contributed by atoms with Crippen LogP contribution >= 0.6 is 0 Å². The highest BCUT2D eigenvalue weighted by Gasteiger charge is 2.36. The molecule has 2 saturated heterocycles. The lowest BCUT2D eigenvalue weighted by Crippen LogP contribution is -2.60. The van der Waals surface area contributed by atoms with Crippen LogP contribution in [0.25, 0.3) is 5.65 Å². The van der Waals surface area contributed by atoms with Crippen molar-refractivity contribution < 1.29 is 9.53 Å². The van der Waals surface area contributed by atoms with Gasteiger partial charge in [-0.25, -0.2) is 9.78 Å². The highest BCUT2D eigenvalue weighted by atomic mass is 16.5. The molecule has 27 heavy (non-hydrogen) atoms. The van der Waals surface area contributed by atoms with Gasteiger partial charge in [0.2, 0.25) is 0 Å². The molecule has 0 unspecified atom stereocenters. The quantitative estimate of drug-likeness (QED) is 0.831. The van der Waals surface area contributed by atoms with Crippen molar-refractivity contribution in [3.05, 3.63) is 30.6 Å². The highest BCUT2D eigenvalue weighted by molar-refractivity contribution is 5.75. The number of rotatable bonds is 3. The van der Waals surface area contributed by atoms with Crippen LogP contribution < -0.4 is 4.74 Å². The zero-order valence-electron chi connectivity index (χ0n) is 15.7. The molecule has 0 bridgehead atoms. The van der Waals surface area contributed by atoms with Gasteiger partial charge < -0.3 is 14.5 Å². The number of hydrogen-bond acceptors (Lipinski definition) is 4. The summed E-state index contributed by atoms with van der Waals surface area (Å²) >= 11 is 0. The molecule has 0 atom stereocenters. The number of pyridine rings is 1. The molecule has 7 heteroatoms. The molecule has 2 aromatic heterocycles. The first kappa shape index (κ1) is 16.9. The van der Waals surface area contributed by atoms with Gasteiger partial charge in [-0.3, -0.25) is 9.30 Å². The molecule has 1 saturated carbocycles. The van der Waals surface area contributed by atoms with Gasteiger partial charge in [-0.2, -0.15) is 0 Å². The number of likely N-dealkylation sites (tertiary alicyclic amines) is 1. The molecule has 7 nitrogen and oxygen atoms in total. The Hall–Kier alpha value is -2.28. The third kappa shape index (κ3) is 3.25. The third-order valence-electron chi connectivity index (χ3n) is 6.19. The number of hydrogen-bond donors (Lipinski definition) is 0. The molecule has 0 spiro atoms. The van der Waals surface area contributed by atoms with Crippen molar-refractivity contribution >= 4 is 11.7 Å². The second-order valence-corrected chi connectivity index (χ2v) is 7.91. The first-order chi connectivity index (χ1) is 13.3. The molecular formula is C20H27N5O2. The zero-order chi connectivity index (χ0) is 18.2. The van der Waals surface area contributed by atoms with Crippen LogP contribution in [0.5, 0.6) is 5.88 Å². The maximum absolute atomic E-state index is 12.8. The molecule has 1 aliphatic carbocycles. The summed E-state index contributed by atoms with van der Waals surface area (Å²) in [6.45, 7) is 5.20. The van der Waals surface area contributed by atoms with Crippen LogP contribution in [0.4, 0.5) is 4.79 Å². The van der Waals surface area contributed by atoms with Gasteiger partial charge in [0.1, 0.15) is 11.8 Å². The number of fused-ring (bicyclic) bond motifs is 1. The summed E-state index contributed by atoms with van der Waals surface area (Å²) in [5.74, 6) is 0.785. The van der Waals surface area contributed by atoms with Gasteiger partial charge in [-0.05, 0) is 31.4 Å². The van der Waals surface area contributed by atoms with E-state index >= 15 is 0 Å². The van der Waals surface area contributed by atoms with E-state index < -0.39 is 0 Å². The zero-order valence-corrected chi connectivity index (χ0v) is 15.7. The van der Waals surface area contributed by atoms with E-state index in [0.717, 1.165) is 50.2 Å². The number of aromatic nitrogens is 2. The summed E-state index contributed by atoms with van der Waals surface area (Å²) in [7, 11) is 0. The number of imidazole rings is 1. The van der Waals surface area contributed by atoms with Gasteiger partial charge in [0.15, 0.2) is 5.88 Å². The third-order valence-corrected chi connectivity index (χ3v) is 6.19. The molecule has 4 heterocycles. The summed E-state index contributed by atoms with van der Waals surface area (Å²) in [4.78, 5) is 23.6. The van der Waals surface area contributed by atoms with Crippen molar-refractivity contribution in [3.8, 4) is 5.88 Å². The van der Waals surface area contributed by atoms with E-state index in [9.17, 15) is 4.79 Å². The number of urea groups is 1. The molecule has 2 aromatic rings. The van der Waals surface area contributed by atoms with E-state index in [1.165, 1.54) is 19.3 Å². The van der Waals surface area contributed by atoms with Gasteiger partial charge in [0.05, 0.1) is 13.1 Å². The lowest BCUT2D eigenvalue weighted by atomic mass is 9.91. The van der Waals surface area contributed by atoms with E-state index in [0.29, 0.717) is 13.1 Å². The Morgan fingerprint density at radius 2 is 1.93 bits per heavy atom. The van der Waals surface area contributed by atoms with Gasteiger partial charge in [0.25, 0.3) is 0 Å². The first-order valence-corrected chi connectivity index (χ1v) is 10.1. The molecule has 3 fully saturated rings. The van der Waals surface area contributed by atoms with Crippen molar-refractivity contribution in [2.75, 3.05) is 39.3 Å². The van der Waals surface area contributed by atoms with Gasteiger partial charge in [-0.1, -0.05) is 12.5 Å². The summed E-state index contributed by atoms with van der Waals surface area (Å²) in [5, 5.41) is 0. The lowest BCUT2D eigenvalue weighted by molar-refractivity contribution is 0.0276. The minimum atomic E-state index is 0.0559. The second kappa shape index (κ2) is 7.03. The van der Waals surface area contributed by atoms with Crippen molar-refractivity contribution in [1.82, 2.24) is 24.1 Å². The van der Waals surface area contributed by atoms with E-state index in [1.54, 1.807) is 6.20 Å². The van der Waals surface area contributed by atoms with Crippen molar-refractivity contribution in [3.63, 3.8) is 0 Å². The predicted molar refractivity (Wildman–Crippen MR) is 102 cm³/mol. The predicted octanol–water partition coefficient (Wildman–Crippen LogP) is 2.08. The second-order valence-electron chi connectivity index (χ2n) is 7.91. The van der Waals surface area contributed by atoms with Crippen molar-refractivity contribution in [2.45, 2.75) is 37.8 Å². The summed E-state index contributed by atoms with van der Waals surface area (Å²) in [6.07, 6.45) is 8.85. The van der Waals surface area contributed by atoms with Crippen molar-refractivity contribution in [1.29, 1.82) is 0 Å². The van der Waals surface area contributed by atoms with Gasteiger partial charge in [-0.15, -0.1) is 0 Å². The SMILES string of the molecule is O=C(N1CCCN(C2CCC2)CC1)N1CC(Oc2cccc3nccn23)C1. The van der Waals surface area contributed by atoms with Crippen molar-refractivity contribution in [2.24, 2.45) is 0 Å². The maximum Gasteiger partial charge on any atom is 0.320 e. The fraction of sp³-hybridized carbons (Fsp3) is 0.600. The summed E-state index contributed by atoms with van der Waals surface area (Å²) < 4.78 is 8.03. The smallest absolute Gasteiger partial charge is 0.320 e. The van der Waals surface area contributed by atoms with Crippen LogP contribution in [0, 0.1) is 0 Å². The van der Waals surface area contributed by atoms with Crippen LogP contribution in [0.3, 0.4) is 0 Å². The molecule has 144 valence electrons. The largest absolute Gasteiger partial charge is 0.471 e. The Balaban J connectivity index is 1.14. The number of nitrogens with zero attached hydrogens (tertiary/aromatic N) is 5. The fourth-order valence-corrected chi connectivity index (χ4v) is 4.30. The fourth-order valence-electron chi connectivity index (χ4n) is 4.30. The average molecular weight is 369 g/mol. The topological polar surface area (TPSA) is 53.3 Å². The Morgan fingerprint density at radius 1 is 1.04 bits per heavy atom. The normalized spacial score (nSPS) is 22.4. The van der Waals surface area contributed by atoms with E-state index in [-0.39, 0.29) is 12.1 Å². The molecule has 2 aliphatic heterocycles. The van der Waals surface area contributed by atoms with E-state index in [2.05, 4.69) is 9.88 Å². The van der Waals surface area contributed by atoms with Gasteiger partial charge in [0, 0.05) is 44.6 Å². The molecule has 2 amide bonds. The van der Waals surface area contributed by atoms with E-state index in [1.807, 2.05) is 38.6 Å². The summed E-state index contributed by atoms with van der Waals surface area (Å²) in [6, 6.07) is 6.79. The summed E-state index contributed by atoms with van der Waals surface area (Å²) in [5.41, 5.74) is 0.875. The number of amides is 2. The minimum Gasteiger partial charge on any atom is -0.471 e. The molecule has 0 N–H and O–H groups in total. The van der Waals surface area contributed by atoms with E-state index in [4.69, 9.17) is 4.74 Å². The van der Waals surface area contributed by atoms with Crippen LogP contribution in [0.2, 0.25) is 0 Å². The molecular weight excluding hydrogens is 342 g/mol. The van der Waals surface area contributed by atoms with Crippen LogP contribution in [0.15, 0.2) is 30.6 Å². The molecule has 5 rings (SSSR count). The van der Waals surface area contributed by atoms with Crippen LogP contribution in [-0.2, 0) is 0 Å². The number of carbonyl (C=O) groups is 1. The van der Waals surface area contributed by atoms with Crippen LogP contribution in [0.1, 0.15) is 25.7 Å². The standard InChI is InChI=1S/C20H27N5O2/c26-20(23-10-3-9-22(12-13-23)16-4-1-5-16)24-14-17(15-24)27-19-7-2-6-18-21-8-11-25(18)19/h2,6-8,11,16-17H,1,3-5,9-10,12-15H2. The lowest BCUT2D eigenvalue weighted by Gasteiger charge is -2.41. The monoisotopic (exact) mass is 369 g/mol. The maximum atomic E-state index is 12.8. The molecule has 3 aliphatic rings. The first-order valence-electron chi connectivity index (χ1n) is 10.1. The molecule has 0 radical (unpaired) electrons.